The summed E-state index contributed by atoms with van der Waals surface area (Å²) in [4.78, 5) is 30.3. The van der Waals surface area contributed by atoms with Crippen LogP contribution in [0.4, 0.5) is 0 Å². The standard InChI is InChI=1S/C26H29N3O5/c1-15-16(2)24-21(26(32)29(14-27-24)22-7-8-33-13-23(22)30)10-19(15)9-17-3-5-18(6-4-17)25(31)28-20-11-34-12-20/h3-6,10,14,20,22-23,30H,7-9,11-13H2,1-2H3,(H,28,31)/t22-,23-/m0/s1. The second-order valence-electron chi connectivity index (χ2n) is 9.22. The molecule has 2 saturated heterocycles. The number of hydrogen-bond acceptors (Lipinski definition) is 6. The molecular formula is C26H29N3O5. The Bertz CT molecular complexity index is 1280. The first-order valence-corrected chi connectivity index (χ1v) is 11.7. The minimum Gasteiger partial charge on any atom is -0.389 e. The molecule has 2 aliphatic heterocycles. The van der Waals surface area contributed by atoms with Gasteiger partial charge < -0.3 is 19.9 Å². The quantitative estimate of drug-likeness (QED) is 0.601. The minimum atomic E-state index is -0.732. The van der Waals surface area contributed by atoms with Gasteiger partial charge in [0.05, 0.1) is 55.2 Å². The van der Waals surface area contributed by atoms with Crippen LogP contribution in [-0.2, 0) is 15.9 Å². The third kappa shape index (κ3) is 4.24. The highest BCUT2D eigenvalue weighted by molar-refractivity contribution is 5.94. The normalized spacial score (nSPS) is 20.8. The summed E-state index contributed by atoms with van der Waals surface area (Å²) in [6.45, 7) is 5.88. The molecule has 2 aromatic carbocycles. The van der Waals surface area contributed by atoms with Gasteiger partial charge in [-0.3, -0.25) is 14.2 Å². The highest BCUT2D eigenvalue weighted by Gasteiger charge is 2.27. The molecule has 0 radical (unpaired) electrons. The molecule has 0 aliphatic carbocycles. The monoisotopic (exact) mass is 463 g/mol. The Kier molecular flexibility index (Phi) is 6.20. The van der Waals surface area contributed by atoms with Crippen molar-refractivity contribution in [2.75, 3.05) is 26.4 Å². The first-order chi connectivity index (χ1) is 16.4. The van der Waals surface area contributed by atoms with Crippen LogP contribution >= 0.6 is 0 Å². The Hall–Kier alpha value is -3.07. The molecule has 1 amide bonds. The van der Waals surface area contributed by atoms with Crippen LogP contribution in [0.1, 0.15) is 45.1 Å². The fourth-order valence-corrected chi connectivity index (χ4v) is 4.65. The molecule has 2 fully saturated rings. The van der Waals surface area contributed by atoms with Crippen LogP contribution in [0.2, 0.25) is 0 Å². The maximum absolute atomic E-state index is 13.4. The predicted molar refractivity (Wildman–Crippen MR) is 127 cm³/mol. The number of benzene rings is 2. The second-order valence-corrected chi connectivity index (χ2v) is 9.22. The Balaban J connectivity index is 1.43. The van der Waals surface area contributed by atoms with E-state index in [0.717, 1.165) is 22.3 Å². The molecule has 2 atom stereocenters. The van der Waals surface area contributed by atoms with Gasteiger partial charge in [-0.15, -0.1) is 0 Å². The average molecular weight is 464 g/mol. The number of ether oxygens (including phenoxy) is 2. The topological polar surface area (TPSA) is 103 Å². The smallest absolute Gasteiger partial charge is 0.261 e. The van der Waals surface area contributed by atoms with Crippen molar-refractivity contribution in [1.82, 2.24) is 14.9 Å². The summed E-state index contributed by atoms with van der Waals surface area (Å²) in [6.07, 6.45) is 2.02. The Morgan fingerprint density at radius 1 is 1.15 bits per heavy atom. The zero-order valence-electron chi connectivity index (χ0n) is 19.4. The number of amides is 1. The summed E-state index contributed by atoms with van der Waals surface area (Å²) in [6, 6.07) is 9.23. The van der Waals surface area contributed by atoms with Crippen molar-refractivity contribution < 1.29 is 19.4 Å². The van der Waals surface area contributed by atoms with Crippen LogP contribution < -0.4 is 10.9 Å². The molecule has 8 heteroatoms. The van der Waals surface area contributed by atoms with Gasteiger partial charge in [-0.05, 0) is 67.1 Å². The molecular weight excluding hydrogens is 434 g/mol. The highest BCUT2D eigenvalue weighted by Crippen LogP contribution is 2.26. The van der Waals surface area contributed by atoms with Gasteiger partial charge in [-0.25, -0.2) is 4.98 Å². The number of carbonyl (C=O) groups excluding carboxylic acids is 1. The number of aliphatic hydroxyl groups excluding tert-OH is 1. The van der Waals surface area contributed by atoms with Gasteiger partial charge in [0.15, 0.2) is 0 Å². The summed E-state index contributed by atoms with van der Waals surface area (Å²) >= 11 is 0. The molecule has 34 heavy (non-hydrogen) atoms. The van der Waals surface area contributed by atoms with Gasteiger partial charge in [0.2, 0.25) is 0 Å². The van der Waals surface area contributed by atoms with Crippen LogP contribution in [0.5, 0.6) is 0 Å². The third-order valence-corrected chi connectivity index (χ3v) is 6.98. The second kappa shape index (κ2) is 9.29. The van der Waals surface area contributed by atoms with Crippen molar-refractivity contribution in [2.45, 2.75) is 44.9 Å². The summed E-state index contributed by atoms with van der Waals surface area (Å²) < 4.78 is 12.0. The number of aryl methyl sites for hydroxylation is 1. The summed E-state index contributed by atoms with van der Waals surface area (Å²) in [5.41, 5.74) is 5.32. The van der Waals surface area contributed by atoms with Crippen molar-refractivity contribution in [1.29, 1.82) is 0 Å². The lowest BCUT2D eigenvalue weighted by Crippen LogP contribution is -2.48. The van der Waals surface area contributed by atoms with E-state index in [1.165, 1.54) is 0 Å². The van der Waals surface area contributed by atoms with E-state index in [2.05, 4.69) is 10.3 Å². The summed E-state index contributed by atoms with van der Waals surface area (Å²) in [5, 5.41) is 13.8. The van der Waals surface area contributed by atoms with E-state index in [4.69, 9.17) is 9.47 Å². The molecule has 2 N–H and O–H groups in total. The van der Waals surface area contributed by atoms with E-state index in [1.807, 2.05) is 44.2 Å². The Morgan fingerprint density at radius 3 is 2.59 bits per heavy atom. The number of carbonyl (C=O) groups is 1. The van der Waals surface area contributed by atoms with Crippen LogP contribution in [0.15, 0.2) is 41.5 Å². The number of nitrogens with zero attached hydrogens (tertiary/aromatic N) is 2. The van der Waals surface area contributed by atoms with Crippen molar-refractivity contribution in [3.8, 4) is 0 Å². The zero-order valence-corrected chi connectivity index (χ0v) is 19.4. The van der Waals surface area contributed by atoms with Gasteiger partial charge in [0.1, 0.15) is 0 Å². The SMILES string of the molecule is Cc1c(Cc2ccc(C(=O)NC3COC3)cc2)cc2c(=O)n([C@H]3CCOC[C@@H]3O)cnc2c1C. The van der Waals surface area contributed by atoms with E-state index in [0.29, 0.717) is 49.1 Å². The molecule has 1 aromatic heterocycles. The minimum absolute atomic E-state index is 0.0929. The van der Waals surface area contributed by atoms with E-state index >= 15 is 0 Å². The molecule has 8 nitrogen and oxygen atoms in total. The number of rotatable bonds is 5. The lowest BCUT2D eigenvalue weighted by atomic mass is 9.94. The maximum atomic E-state index is 13.4. The van der Waals surface area contributed by atoms with Crippen LogP contribution in [0, 0.1) is 13.8 Å². The molecule has 0 bridgehead atoms. The van der Waals surface area contributed by atoms with E-state index < -0.39 is 6.10 Å². The predicted octanol–water partition coefficient (Wildman–Crippen LogP) is 2.06. The molecule has 0 unspecified atom stereocenters. The average Bonchev–Trinajstić information content (AvgIpc) is 2.81. The van der Waals surface area contributed by atoms with Crippen LogP contribution in [0.25, 0.3) is 10.9 Å². The van der Waals surface area contributed by atoms with Gasteiger partial charge in [0.25, 0.3) is 11.5 Å². The van der Waals surface area contributed by atoms with Gasteiger partial charge in [-0.1, -0.05) is 12.1 Å². The maximum Gasteiger partial charge on any atom is 0.261 e. The van der Waals surface area contributed by atoms with E-state index in [-0.39, 0.29) is 30.2 Å². The van der Waals surface area contributed by atoms with Crippen molar-refractivity contribution >= 4 is 16.8 Å². The number of aromatic nitrogens is 2. The highest BCUT2D eigenvalue weighted by atomic mass is 16.5. The molecule has 0 spiro atoms. The van der Waals surface area contributed by atoms with Crippen LogP contribution in [-0.4, -0.2) is 59.1 Å². The fraction of sp³-hybridized carbons (Fsp3) is 0.423. The largest absolute Gasteiger partial charge is 0.389 e. The molecule has 5 rings (SSSR count). The molecule has 3 heterocycles. The van der Waals surface area contributed by atoms with Crippen molar-refractivity contribution in [3.63, 3.8) is 0 Å². The number of aliphatic hydroxyl groups is 1. The number of fused-ring (bicyclic) bond motifs is 1. The van der Waals surface area contributed by atoms with Crippen LogP contribution in [0.3, 0.4) is 0 Å². The molecule has 3 aromatic rings. The Morgan fingerprint density at radius 2 is 1.91 bits per heavy atom. The Labute approximate surface area is 197 Å². The lowest BCUT2D eigenvalue weighted by molar-refractivity contribution is -0.0395. The number of hydrogen-bond donors (Lipinski definition) is 2. The zero-order chi connectivity index (χ0) is 23.8. The fourth-order valence-electron chi connectivity index (χ4n) is 4.65. The number of nitrogens with one attached hydrogen (secondary N) is 1. The first-order valence-electron chi connectivity index (χ1n) is 11.7. The summed E-state index contributed by atoms with van der Waals surface area (Å²) in [7, 11) is 0. The van der Waals surface area contributed by atoms with E-state index in [1.54, 1.807) is 10.9 Å². The molecule has 0 saturated carbocycles. The first kappa shape index (κ1) is 22.7. The van der Waals surface area contributed by atoms with Crippen molar-refractivity contribution in [3.05, 3.63) is 74.8 Å². The summed E-state index contributed by atoms with van der Waals surface area (Å²) in [5.74, 6) is -0.0977. The van der Waals surface area contributed by atoms with E-state index in [9.17, 15) is 14.7 Å². The van der Waals surface area contributed by atoms with Gasteiger partial charge >= 0.3 is 0 Å². The van der Waals surface area contributed by atoms with Gasteiger partial charge in [-0.2, -0.15) is 0 Å². The lowest BCUT2D eigenvalue weighted by Gasteiger charge is -2.29. The third-order valence-electron chi connectivity index (χ3n) is 6.98. The molecule has 178 valence electrons. The van der Waals surface area contributed by atoms with Gasteiger partial charge in [0, 0.05) is 12.2 Å². The van der Waals surface area contributed by atoms with Crippen molar-refractivity contribution in [2.24, 2.45) is 0 Å². The molecule has 2 aliphatic rings.